The van der Waals surface area contributed by atoms with E-state index in [1.54, 1.807) is 0 Å². The number of rotatable bonds is 7. The Morgan fingerprint density at radius 2 is 1.70 bits per heavy atom. The van der Waals surface area contributed by atoms with Crippen molar-refractivity contribution in [1.29, 1.82) is 0 Å². The average Bonchev–Trinajstić information content (AvgIpc) is 2.70. The van der Waals surface area contributed by atoms with E-state index in [9.17, 15) is 9.59 Å². The zero-order valence-electron chi connectivity index (χ0n) is 13.1. The van der Waals surface area contributed by atoms with E-state index in [-0.39, 0.29) is 11.8 Å². The van der Waals surface area contributed by atoms with Crippen molar-refractivity contribution in [2.45, 2.75) is 77.2 Å². The van der Waals surface area contributed by atoms with E-state index in [1.807, 2.05) is 11.9 Å². The van der Waals surface area contributed by atoms with Gasteiger partial charge in [0.15, 0.2) is 0 Å². The van der Waals surface area contributed by atoms with Gasteiger partial charge in [0.25, 0.3) is 0 Å². The second kappa shape index (κ2) is 9.78. The minimum Gasteiger partial charge on any atom is -0.356 e. The lowest BCUT2D eigenvalue weighted by Gasteiger charge is -2.27. The third-order valence-corrected chi connectivity index (χ3v) is 4.21. The van der Waals surface area contributed by atoms with E-state index in [0.29, 0.717) is 12.5 Å². The first kappa shape index (κ1) is 17.0. The Labute approximate surface area is 123 Å². The van der Waals surface area contributed by atoms with E-state index in [1.165, 1.54) is 45.4 Å². The number of hydrogen-bond donors (Lipinski definition) is 1. The molecule has 0 radical (unpaired) electrons. The molecule has 0 unspecified atom stereocenters. The first-order chi connectivity index (χ1) is 9.61. The predicted molar refractivity (Wildman–Crippen MR) is 81.4 cm³/mol. The van der Waals surface area contributed by atoms with Crippen LogP contribution in [0.25, 0.3) is 0 Å². The van der Waals surface area contributed by atoms with Crippen LogP contribution >= 0.6 is 0 Å². The fraction of sp³-hybridized carbons (Fsp3) is 0.875. The first-order valence-corrected chi connectivity index (χ1v) is 8.11. The van der Waals surface area contributed by atoms with Crippen molar-refractivity contribution in [2.24, 2.45) is 0 Å². The maximum absolute atomic E-state index is 12.2. The summed E-state index contributed by atoms with van der Waals surface area (Å²) in [6.07, 6.45) is 11.0. The second-order valence-electron chi connectivity index (χ2n) is 5.94. The molecule has 0 saturated heterocycles. The number of carbonyl (C=O) groups is 2. The molecule has 0 bridgehead atoms. The molecule has 0 atom stereocenters. The molecule has 116 valence electrons. The fourth-order valence-corrected chi connectivity index (χ4v) is 2.87. The molecule has 0 aliphatic heterocycles. The topological polar surface area (TPSA) is 49.4 Å². The van der Waals surface area contributed by atoms with E-state index in [4.69, 9.17) is 0 Å². The Morgan fingerprint density at radius 1 is 1.05 bits per heavy atom. The molecule has 0 aromatic heterocycles. The molecule has 1 aliphatic carbocycles. The van der Waals surface area contributed by atoms with Gasteiger partial charge in [-0.1, -0.05) is 32.1 Å². The second-order valence-corrected chi connectivity index (χ2v) is 5.94. The lowest BCUT2D eigenvalue weighted by atomic mass is 10.1. The Bertz CT molecular complexity index is 297. The van der Waals surface area contributed by atoms with Crippen LogP contribution in [0.4, 0.5) is 0 Å². The van der Waals surface area contributed by atoms with Crippen molar-refractivity contribution < 1.29 is 9.59 Å². The number of nitrogens with one attached hydrogen (secondary N) is 1. The van der Waals surface area contributed by atoms with Gasteiger partial charge >= 0.3 is 0 Å². The number of nitrogens with zero attached hydrogens (tertiary/aromatic N) is 1. The molecular weight excluding hydrogens is 252 g/mol. The number of hydrogen-bond acceptors (Lipinski definition) is 2. The number of carbonyl (C=O) groups excluding carboxylic acids is 2. The van der Waals surface area contributed by atoms with E-state index < -0.39 is 0 Å². The lowest BCUT2D eigenvalue weighted by Crippen LogP contribution is -2.36. The molecule has 0 spiro atoms. The third kappa shape index (κ3) is 6.92. The zero-order chi connectivity index (χ0) is 14.8. The summed E-state index contributed by atoms with van der Waals surface area (Å²) in [7, 11) is 1.97. The summed E-state index contributed by atoms with van der Waals surface area (Å²) in [6, 6.07) is 0.462. The van der Waals surface area contributed by atoms with Crippen molar-refractivity contribution in [3.8, 4) is 0 Å². The molecule has 2 amide bonds. The van der Waals surface area contributed by atoms with Crippen LogP contribution in [0, 0.1) is 0 Å². The van der Waals surface area contributed by atoms with Crippen molar-refractivity contribution in [2.75, 3.05) is 13.6 Å². The fourth-order valence-electron chi connectivity index (χ4n) is 2.87. The van der Waals surface area contributed by atoms with Crippen molar-refractivity contribution >= 4 is 11.8 Å². The minimum atomic E-state index is 0.0224. The number of amides is 2. The van der Waals surface area contributed by atoms with Crippen LogP contribution < -0.4 is 5.32 Å². The van der Waals surface area contributed by atoms with Crippen molar-refractivity contribution in [3.05, 3.63) is 0 Å². The third-order valence-electron chi connectivity index (χ3n) is 4.21. The molecule has 1 fully saturated rings. The van der Waals surface area contributed by atoms with Crippen LogP contribution in [-0.4, -0.2) is 36.3 Å². The molecule has 1 rings (SSSR count). The highest BCUT2D eigenvalue weighted by atomic mass is 16.2. The Hall–Kier alpha value is -1.06. The summed E-state index contributed by atoms with van der Waals surface area (Å²) < 4.78 is 0. The maximum atomic E-state index is 12.2. The van der Waals surface area contributed by atoms with Gasteiger partial charge in [-0.25, -0.2) is 0 Å². The maximum Gasteiger partial charge on any atom is 0.222 e. The van der Waals surface area contributed by atoms with Crippen LogP contribution in [0.5, 0.6) is 0 Å². The van der Waals surface area contributed by atoms with Gasteiger partial charge in [0.1, 0.15) is 0 Å². The summed E-state index contributed by atoms with van der Waals surface area (Å²) in [6.45, 7) is 2.26. The summed E-state index contributed by atoms with van der Waals surface area (Å²) in [4.78, 5) is 24.8. The normalized spacial score (nSPS) is 16.5. The van der Waals surface area contributed by atoms with Crippen LogP contribution in [0.15, 0.2) is 0 Å². The summed E-state index contributed by atoms with van der Waals surface area (Å²) in [5.74, 6) is 0.311. The molecule has 1 aliphatic rings. The van der Waals surface area contributed by atoms with Gasteiger partial charge in [-0.2, -0.15) is 0 Å². The Morgan fingerprint density at radius 3 is 2.30 bits per heavy atom. The molecule has 0 aromatic carbocycles. The molecule has 4 heteroatoms. The predicted octanol–water partition coefficient (Wildman–Crippen LogP) is 2.86. The van der Waals surface area contributed by atoms with Crippen LogP contribution in [0.3, 0.4) is 0 Å². The van der Waals surface area contributed by atoms with Gasteiger partial charge in [0.2, 0.25) is 11.8 Å². The van der Waals surface area contributed by atoms with Gasteiger partial charge in [0.05, 0.1) is 0 Å². The summed E-state index contributed by atoms with van der Waals surface area (Å²) >= 11 is 0. The van der Waals surface area contributed by atoms with Crippen LogP contribution in [0.1, 0.15) is 71.1 Å². The van der Waals surface area contributed by atoms with Gasteiger partial charge in [0, 0.05) is 33.0 Å². The molecule has 20 heavy (non-hydrogen) atoms. The highest BCUT2D eigenvalue weighted by molar-refractivity contribution is 5.76. The van der Waals surface area contributed by atoms with E-state index in [0.717, 1.165) is 25.8 Å². The summed E-state index contributed by atoms with van der Waals surface area (Å²) in [5.41, 5.74) is 0. The average molecular weight is 282 g/mol. The van der Waals surface area contributed by atoms with Crippen molar-refractivity contribution in [1.82, 2.24) is 10.2 Å². The molecular formula is C16H30N2O2. The summed E-state index contributed by atoms with van der Waals surface area (Å²) in [5, 5.41) is 2.78. The van der Waals surface area contributed by atoms with E-state index in [2.05, 4.69) is 5.32 Å². The highest BCUT2D eigenvalue weighted by Crippen LogP contribution is 2.21. The van der Waals surface area contributed by atoms with Gasteiger partial charge in [-0.15, -0.1) is 0 Å². The monoisotopic (exact) mass is 282 g/mol. The standard InChI is InChI=1S/C16H30N2O2/c1-14(19)17-13-9-5-8-12-16(20)18(2)15-10-6-3-4-7-11-15/h15H,3-13H2,1-2H3,(H,17,19). The van der Waals surface area contributed by atoms with Gasteiger partial charge in [-0.3, -0.25) is 9.59 Å². The molecule has 4 nitrogen and oxygen atoms in total. The molecule has 0 aromatic rings. The van der Waals surface area contributed by atoms with Crippen LogP contribution in [-0.2, 0) is 9.59 Å². The van der Waals surface area contributed by atoms with E-state index >= 15 is 0 Å². The minimum absolute atomic E-state index is 0.0224. The first-order valence-electron chi connectivity index (χ1n) is 8.11. The Kier molecular flexibility index (Phi) is 8.31. The SMILES string of the molecule is CC(=O)NCCCCCC(=O)N(C)C1CCCCCC1. The van der Waals surface area contributed by atoms with Gasteiger partial charge < -0.3 is 10.2 Å². The lowest BCUT2D eigenvalue weighted by molar-refractivity contribution is -0.132. The Balaban J connectivity index is 2.12. The zero-order valence-corrected chi connectivity index (χ0v) is 13.1. The van der Waals surface area contributed by atoms with Crippen molar-refractivity contribution in [3.63, 3.8) is 0 Å². The number of unbranched alkanes of at least 4 members (excludes halogenated alkanes) is 2. The molecule has 0 heterocycles. The molecule has 1 N–H and O–H groups in total. The highest BCUT2D eigenvalue weighted by Gasteiger charge is 2.20. The smallest absolute Gasteiger partial charge is 0.222 e. The molecule has 1 saturated carbocycles. The quantitative estimate of drug-likeness (QED) is 0.576. The largest absolute Gasteiger partial charge is 0.356 e. The van der Waals surface area contributed by atoms with Gasteiger partial charge in [-0.05, 0) is 25.7 Å². The van der Waals surface area contributed by atoms with Crippen LogP contribution in [0.2, 0.25) is 0 Å².